The third kappa shape index (κ3) is 2.87. The van der Waals surface area contributed by atoms with E-state index in [1.807, 2.05) is 33.3 Å². The van der Waals surface area contributed by atoms with Gasteiger partial charge in [0.25, 0.3) is 0 Å². The minimum atomic E-state index is -0.417. The van der Waals surface area contributed by atoms with Crippen molar-refractivity contribution in [2.45, 2.75) is 31.1 Å². The van der Waals surface area contributed by atoms with Crippen molar-refractivity contribution in [2.75, 3.05) is 5.75 Å². The SMILES string of the molecule is Cn1cc(C(C)(C)NC(=O)[C@@H]2SCCc3sccc32)cn1. The molecular formula is C15H19N3OS2. The van der Waals surface area contributed by atoms with E-state index in [2.05, 4.69) is 21.9 Å². The molecule has 1 N–H and O–H groups in total. The van der Waals surface area contributed by atoms with Crippen molar-refractivity contribution >= 4 is 29.0 Å². The molecule has 112 valence electrons. The summed E-state index contributed by atoms with van der Waals surface area (Å²) in [6, 6.07) is 2.09. The molecule has 0 radical (unpaired) electrons. The first kappa shape index (κ1) is 14.7. The Bertz CT molecular complexity index is 659. The van der Waals surface area contributed by atoms with E-state index in [0.29, 0.717) is 0 Å². The molecule has 3 rings (SSSR count). The minimum absolute atomic E-state index is 0.0871. The van der Waals surface area contributed by atoms with E-state index in [1.165, 1.54) is 10.4 Å². The zero-order valence-electron chi connectivity index (χ0n) is 12.4. The molecule has 1 aliphatic heterocycles. The van der Waals surface area contributed by atoms with Crippen molar-refractivity contribution in [1.29, 1.82) is 0 Å². The molecule has 1 atom stereocenters. The normalized spacial score (nSPS) is 18.3. The summed E-state index contributed by atoms with van der Waals surface area (Å²) in [6.45, 7) is 4.04. The molecule has 0 spiro atoms. The maximum atomic E-state index is 12.7. The van der Waals surface area contributed by atoms with Crippen molar-refractivity contribution in [1.82, 2.24) is 15.1 Å². The lowest BCUT2D eigenvalue weighted by molar-refractivity contribution is -0.122. The number of rotatable bonds is 3. The Morgan fingerprint density at radius 3 is 3.05 bits per heavy atom. The van der Waals surface area contributed by atoms with Crippen LogP contribution in [0.15, 0.2) is 23.8 Å². The molecule has 0 aliphatic carbocycles. The maximum absolute atomic E-state index is 12.7. The number of thioether (sulfide) groups is 1. The van der Waals surface area contributed by atoms with Crippen molar-refractivity contribution in [3.8, 4) is 0 Å². The lowest BCUT2D eigenvalue weighted by Crippen LogP contribution is -2.43. The average molecular weight is 321 g/mol. The summed E-state index contributed by atoms with van der Waals surface area (Å²) in [5, 5.41) is 9.37. The van der Waals surface area contributed by atoms with Crippen LogP contribution in [0.25, 0.3) is 0 Å². The Balaban J connectivity index is 1.78. The highest BCUT2D eigenvalue weighted by atomic mass is 32.2. The van der Waals surface area contributed by atoms with Gasteiger partial charge >= 0.3 is 0 Å². The van der Waals surface area contributed by atoms with Crippen LogP contribution in [0.3, 0.4) is 0 Å². The molecule has 4 nitrogen and oxygen atoms in total. The predicted octanol–water partition coefficient (Wildman–Crippen LogP) is 2.86. The number of fused-ring (bicyclic) bond motifs is 1. The van der Waals surface area contributed by atoms with E-state index in [4.69, 9.17) is 0 Å². The summed E-state index contributed by atoms with van der Waals surface area (Å²) < 4.78 is 1.76. The average Bonchev–Trinajstić information content (AvgIpc) is 3.05. The molecule has 0 fully saturated rings. The van der Waals surface area contributed by atoms with Crippen molar-refractivity contribution in [3.05, 3.63) is 39.8 Å². The second-order valence-electron chi connectivity index (χ2n) is 5.82. The highest BCUT2D eigenvalue weighted by molar-refractivity contribution is 8.00. The quantitative estimate of drug-likeness (QED) is 0.945. The van der Waals surface area contributed by atoms with Gasteiger partial charge in [-0.2, -0.15) is 5.10 Å². The molecule has 0 unspecified atom stereocenters. The van der Waals surface area contributed by atoms with Gasteiger partial charge in [0.2, 0.25) is 5.91 Å². The third-order valence-corrected chi connectivity index (χ3v) is 6.01. The zero-order chi connectivity index (χ0) is 15.0. The summed E-state index contributed by atoms with van der Waals surface area (Å²) in [5.41, 5.74) is 1.79. The first-order valence-electron chi connectivity index (χ1n) is 6.96. The lowest BCUT2D eigenvalue weighted by Gasteiger charge is -2.29. The highest BCUT2D eigenvalue weighted by Crippen LogP contribution is 2.40. The van der Waals surface area contributed by atoms with Crippen LogP contribution in [0.2, 0.25) is 0 Å². The monoisotopic (exact) mass is 321 g/mol. The van der Waals surface area contributed by atoms with E-state index in [1.54, 1.807) is 27.8 Å². The number of aryl methyl sites for hydroxylation is 2. The predicted molar refractivity (Wildman–Crippen MR) is 87.6 cm³/mol. The number of hydrogen-bond donors (Lipinski definition) is 1. The van der Waals surface area contributed by atoms with Crippen LogP contribution >= 0.6 is 23.1 Å². The number of amides is 1. The largest absolute Gasteiger partial charge is 0.346 e. The number of nitrogens with zero attached hydrogens (tertiary/aromatic N) is 2. The van der Waals surface area contributed by atoms with Gasteiger partial charge in [0, 0.05) is 23.7 Å². The molecule has 3 heterocycles. The summed E-state index contributed by atoms with van der Waals surface area (Å²) in [7, 11) is 1.88. The Kier molecular flexibility index (Phi) is 3.84. The number of hydrogen-bond acceptors (Lipinski definition) is 4. The molecule has 1 aliphatic rings. The van der Waals surface area contributed by atoms with Crippen LogP contribution in [0.5, 0.6) is 0 Å². The van der Waals surface area contributed by atoms with Crippen molar-refractivity contribution in [2.24, 2.45) is 7.05 Å². The number of carbonyl (C=O) groups excluding carboxylic acids is 1. The number of carbonyl (C=O) groups is 1. The molecule has 0 saturated heterocycles. The fourth-order valence-corrected chi connectivity index (χ4v) is 4.85. The fourth-order valence-electron chi connectivity index (χ4n) is 2.55. The van der Waals surface area contributed by atoms with Crippen molar-refractivity contribution < 1.29 is 4.79 Å². The van der Waals surface area contributed by atoms with Crippen LogP contribution in [0, 0.1) is 0 Å². The second-order valence-corrected chi connectivity index (χ2v) is 8.03. The molecule has 21 heavy (non-hydrogen) atoms. The summed E-state index contributed by atoms with van der Waals surface area (Å²) in [6.07, 6.45) is 4.84. The maximum Gasteiger partial charge on any atom is 0.238 e. The van der Waals surface area contributed by atoms with Gasteiger partial charge in [-0.05, 0) is 43.0 Å². The Hall–Kier alpha value is -1.27. The molecule has 0 bridgehead atoms. The van der Waals surface area contributed by atoms with Gasteiger partial charge in [-0.1, -0.05) is 0 Å². The first-order chi connectivity index (χ1) is 9.97. The molecule has 6 heteroatoms. The van der Waals surface area contributed by atoms with E-state index >= 15 is 0 Å². The van der Waals surface area contributed by atoms with Gasteiger partial charge in [-0.25, -0.2) is 0 Å². The van der Waals surface area contributed by atoms with Gasteiger partial charge in [0.05, 0.1) is 11.7 Å². The molecule has 0 aromatic carbocycles. The van der Waals surface area contributed by atoms with E-state index < -0.39 is 5.54 Å². The van der Waals surface area contributed by atoms with Crippen LogP contribution < -0.4 is 5.32 Å². The summed E-state index contributed by atoms with van der Waals surface area (Å²) in [5.74, 6) is 1.10. The number of nitrogens with one attached hydrogen (secondary N) is 1. The number of aromatic nitrogens is 2. The van der Waals surface area contributed by atoms with Crippen LogP contribution in [-0.2, 0) is 23.8 Å². The number of thiophene rings is 1. The van der Waals surface area contributed by atoms with E-state index in [0.717, 1.165) is 17.7 Å². The molecule has 2 aromatic rings. The van der Waals surface area contributed by atoms with Crippen molar-refractivity contribution in [3.63, 3.8) is 0 Å². The molecule has 2 aromatic heterocycles. The van der Waals surface area contributed by atoms with E-state index in [9.17, 15) is 4.79 Å². The van der Waals surface area contributed by atoms with Crippen LogP contribution in [0.1, 0.15) is 35.1 Å². The van der Waals surface area contributed by atoms with Crippen LogP contribution in [0.4, 0.5) is 0 Å². The van der Waals surface area contributed by atoms with Gasteiger partial charge < -0.3 is 5.32 Å². The molecular weight excluding hydrogens is 302 g/mol. The van der Waals surface area contributed by atoms with Gasteiger partial charge in [-0.3, -0.25) is 9.48 Å². The third-order valence-electron chi connectivity index (χ3n) is 3.78. The Morgan fingerprint density at radius 1 is 1.52 bits per heavy atom. The highest BCUT2D eigenvalue weighted by Gasteiger charge is 2.32. The first-order valence-corrected chi connectivity index (χ1v) is 8.89. The lowest BCUT2D eigenvalue weighted by atomic mass is 9.97. The molecule has 0 saturated carbocycles. The van der Waals surface area contributed by atoms with Gasteiger partial charge in [0.1, 0.15) is 5.25 Å². The van der Waals surface area contributed by atoms with Crippen LogP contribution in [-0.4, -0.2) is 21.4 Å². The zero-order valence-corrected chi connectivity index (χ0v) is 14.1. The standard InChI is InChI=1S/C15H19N3OS2/c1-15(2,10-8-16-18(3)9-10)17-14(19)13-11-4-6-20-12(11)5-7-21-13/h4,6,8-9,13H,5,7H2,1-3H3,(H,17,19)/t13-/m1/s1. The topological polar surface area (TPSA) is 46.9 Å². The second kappa shape index (κ2) is 5.50. The molecule has 1 amide bonds. The summed E-state index contributed by atoms with van der Waals surface area (Å²) in [4.78, 5) is 14.1. The smallest absolute Gasteiger partial charge is 0.238 e. The van der Waals surface area contributed by atoms with Gasteiger partial charge in [-0.15, -0.1) is 23.1 Å². The van der Waals surface area contributed by atoms with Gasteiger partial charge in [0.15, 0.2) is 0 Å². The Labute approximate surface area is 132 Å². The van der Waals surface area contributed by atoms with E-state index in [-0.39, 0.29) is 11.2 Å². The fraction of sp³-hybridized carbons (Fsp3) is 0.467. The minimum Gasteiger partial charge on any atom is -0.346 e. The summed E-state index contributed by atoms with van der Waals surface area (Å²) >= 11 is 3.49. The Morgan fingerprint density at radius 2 is 2.33 bits per heavy atom.